The third-order valence-electron chi connectivity index (χ3n) is 6.38. The van der Waals surface area contributed by atoms with Crippen molar-refractivity contribution in [3.63, 3.8) is 0 Å². The Morgan fingerprint density at radius 1 is 0.919 bits per heavy atom. The van der Waals surface area contributed by atoms with E-state index in [0.717, 1.165) is 51.5 Å². The van der Waals surface area contributed by atoms with Crippen molar-refractivity contribution in [3.05, 3.63) is 95.6 Å². The molecule has 0 atom stereocenters. The maximum atomic E-state index is 13.7. The number of pyridine rings is 1. The summed E-state index contributed by atoms with van der Waals surface area (Å²) in [7, 11) is 0. The van der Waals surface area contributed by atoms with Crippen molar-refractivity contribution in [1.29, 1.82) is 0 Å². The molecule has 0 saturated carbocycles. The fraction of sp³-hybridized carbons (Fsp3) is 0.194. The molecule has 5 rings (SSSR count). The first kappa shape index (κ1) is 24.7. The van der Waals surface area contributed by atoms with Crippen molar-refractivity contribution in [2.24, 2.45) is 0 Å². The van der Waals surface area contributed by atoms with E-state index in [0.29, 0.717) is 22.7 Å². The number of hydrogen-bond donors (Lipinski definition) is 1. The third-order valence-corrected chi connectivity index (χ3v) is 7.46. The molecule has 0 spiro atoms. The van der Waals surface area contributed by atoms with Crippen LogP contribution in [0.25, 0.3) is 32.2 Å². The monoisotopic (exact) mass is 508 g/mol. The van der Waals surface area contributed by atoms with Gasteiger partial charge in [-0.25, -0.2) is 9.78 Å². The number of nitrogens with one attached hydrogen (secondary N) is 1. The summed E-state index contributed by atoms with van der Waals surface area (Å²) in [5.41, 5.74) is 4.55. The zero-order valence-electron chi connectivity index (χ0n) is 20.9. The number of nitrogens with zero attached hydrogens (tertiary/aromatic N) is 1. The Morgan fingerprint density at radius 3 is 2.41 bits per heavy atom. The van der Waals surface area contributed by atoms with Gasteiger partial charge >= 0.3 is 5.97 Å². The number of rotatable bonds is 8. The fourth-order valence-electron chi connectivity index (χ4n) is 4.31. The number of benzene rings is 3. The number of unbranched alkanes of at least 4 members (excludes halogenated alkanes) is 1. The van der Waals surface area contributed by atoms with Crippen molar-refractivity contribution in [2.75, 3.05) is 11.9 Å². The highest BCUT2D eigenvalue weighted by atomic mass is 32.1. The molecule has 186 valence electrons. The number of para-hydroxylation sites is 1. The third kappa shape index (κ3) is 5.11. The molecule has 6 heteroatoms. The summed E-state index contributed by atoms with van der Waals surface area (Å²) in [6.07, 6.45) is 2.68. The van der Waals surface area contributed by atoms with E-state index in [1.807, 2.05) is 73.7 Å². The molecule has 3 aromatic carbocycles. The van der Waals surface area contributed by atoms with Crippen LogP contribution in [0.1, 0.15) is 53.0 Å². The van der Waals surface area contributed by atoms with E-state index in [4.69, 9.17) is 9.72 Å². The number of aromatic nitrogens is 1. The van der Waals surface area contributed by atoms with Crippen molar-refractivity contribution in [2.45, 2.75) is 33.1 Å². The van der Waals surface area contributed by atoms with Crippen LogP contribution in [0.2, 0.25) is 0 Å². The SMILES string of the molecule is CCCCOC(=O)c1c(NC(=O)c2cc(-c3ccc(CC)cc3)nc3ccccc23)sc2ccccc12. The zero-order valence-corrected chi connectivity index (χ0v) is 21.7. The number of aryl methyl sites for hydroxylation is 1. The Hall–Kier alpha value is -4.03. The number of carbonyl (C=O) groups is 2. The highest BCUT2D eigenvalue weighted by Gasteiger charge is 2.23. The van der Waals surface area contributed by atoms with Gasteiger partial charge in [-0.3, -0.25) is 4.79 Å². The van der Waals surface area contributed by atoms with Crippen molar-refractivity contribution in [3.8, 4) is 11.3 Å². The van der Waals surface area contributed by atoms with Gasteiger partial charge in [-0.2, -0.15) is 0 Å². The second kappa shape index (κ2) is 10.9. The normalized spacial score (nSPS) is 11.1. The molecular formula is C31H28N2O3S. The Kier molecular flexibility index (Phi) is 7.28. The maximum Gasteiger partial charge on any atom is 0.341 e. The van der Waals surface area contributed by atoms with Gasteiger partial charge in [0.1, 0.15) is 10.6 Å². The minimum Gasteiger partial charge on any atom is -0.462 e. The number of esters is 1. The predicted octanol–water partition coefficient (Wildman–Crippen LogP) is 7.89. The topological polar surface area (TPSA) is 68.3 Å². The summed E-state index contributed by atoms with van der Waals surface area (Å²) >= 11 is 1.38. The van der Waals surface area contributed by atoms with Gasteiger partial charge in [0, 0.05) is 21.0 Å². The predicted molar refractivity (Wildman–Crippen MR) is 152 cm³/mol. The number of fused-ring (bicyclic) bond motifs is 2. The number of thiophene rings is 1. The molecule has 0 fully saturated rings. The van der Waals surface area contributed by atoms with Gasteiger partial charge in [0.25, 0.3) is 5.91 Å². The summed E-state index contributed by atoms with van der Waals surface area (Å²) in [5.74, 6) is -0.711. The lowest BCUT2D eigenvalue weighted by Crippen LogP contribution is -2.15. The maximum absolute atomic E-state index is 13.7. The van der Waals surface area contributed by atoms with Gasteiger partial charge in [-0.15, -0.1) is 11.3 Å². The second-order valence-electron chi connectivity index (χ2n) is 8.87. The molecular weight excluding hydrogens is 480 g/mol. The molecule has 0 bridgehead atoms. The van der Waals surface area contributed by atoms with Crippen LogP contribution in [0, 0.1) is 0 Å². The smallest absolute Gasteiger partial charge is 0.341 e. The van der Waals surface area contributed by atoms with E-state index < -0.39 is 5.97 Å². The van der Waals surface area contributed by atoms with Gasteiger partial charge in [0.15, 0.2) is 0 Å². The first-order valence-corrected chi connectivity index (χ1v) is 13.4. The molecule has 2 heterocycles. The van der Waals surface area contributed by atoms with Crippen molar-refractivity contribution >= 4 is 49.2 Å². The summed E-state index contributed by atoms with van der Waals surface area (Å²) in [4.78, 5) is 31.6. The molecule has 0 radical (unpaired) electrons. The molecule has 0 saturated heterocycles. The van der Waals surface area contributed by atoms with Crippen LogP contribution in [0.15, 0.2) is 78.9 Å². The molecule has 0 aliphatic heterocycles. The first-order valence-electron chi connectivity index (χ1n) is 12.6. The van der Waals surface area contributed by atoms with Gasteiger partial charge in [-0.1, -0.05) is 80.9 Å². The van der Waals surface area contributed by atoms with Crippen LogP contribution in [-0.4, -0.2) is 23.5 Å². The van der Waals surface area contributed by atoms with Gasteiger partial charge in [0.2, 0.25) is 0 Å². The number of carbonyl (C=O) groups excluding carboxylic acids is 2. The lowest BCUT2D eigenvalue weighted by molar-refractivity contribution is 0.0503. The molecule has 37 heavy (non-hydrogen) atoms. The molecule has 2 aromatic heterocycles. The summed E-state index contributed by atoms with van der Waals surface area (Å²) < 4.78 is 6.45. The summed E-state index contributed by atoms with van der Waals surface area (Å²) in [6.45, 7) is 4.51. The quantitative estimate of drug-likeness (QED) is 0.171. The molecule has 5 nitrogen and oxygen atoms in total. The van der Waals surface area contributed by atoms with E-state index in [2.05, 4.69) is 24.4 Å². The lowest BCUT2D eigenvalue weighted by Gasteiger charge is -2.11. The average Bonchev–Trinajstić information content (AvgIpc) is 3.30. The van der Waals surface area contributed by atoms with Crippen LogP contribution >= 0.6 is 11.3 Å². The fourth-order valence-corrected chi connectivity index (χ4v) is 5.40. The van der Waals surface area contributed by atoms with Gasteiger partial charge < -0.3 is 10.1 Å². The van der Waals surface area contributed by atoms with E-state index >= 15 is 0 Å². The van der Waals surface area contributed by atoms with Crippen LogP contribution < -0.4 is 5.32 Å². The molecule has 1 amide bonds. The Labute approximate surface area is 220 Å². The van der Waals surface area contributed by atoms with Crippen LogP contribution in [0.3, 0.4) is 0 Å². The average molecular weight is 509 g/mol. The van der Waals surface area contributed by atoms with E-state index in [1.165, 1.54) is 16.9 Å². The highest BCUT2D eigenvalue weighted by Crippen LogP contribution is 2.37. The second-order valence-corrected chi connectivity index (χ2v) is 9.92. The Bertz CT molecular complexity index is 1590. The highest BCUT2D eigenvalue weighted by molar-refractivity contribution is 7.23. The van der Waals surface area contributed by atoms with Crippen molar-refractivity contribution in [1.82, 2.24) is 4.98 Å². The minimum absolute atomic E-state index is 0.292. The van der Waals surface area contributed by atoms with Gasteiger partial charge in [0.05, 0.1) is 23.4 Å². The van der Waals surface area contributed by atoms with Crippen molar-refractivity contribution < 1.29 is 14.3 Å². The van der Waals surface area contributed by atoms with Crippen LogP contribution in [0.5, 0.6) is 0 Å². The minimum atomic E-state index is -0.419. The van der Waals surface area contributed by atoms with E-state index in [-0.39, 0.29) is 5.91 Å². The molecule has 5 aromatic rings. The largest absolute Gasteiger partial charge is 0.462 e. The number of amides is 1. The van der Waals surface area contributed by atoms with Crippen LogP contribution in [0.4, 0.5) is 5.00 Å². The summed E-state index contributed by atoms with van der Waals surface area (Å²) in [6, 6.07) is 25.3. The van der Waals surface area contributed by atoms with E-state index in [1.54, 1.807) is 0 Å². The number of anilines is 1. The van der Waals surface area contributed by atoms with E-state index in [9.17, 15) is 9.59 Å². The number of ether oxygens (including phenoxy) is 1. The lowest BCUT2D eigenvalue weighted by atomic mass is 10.0. The summed E-state index contributed by atoms with van der Waals surface area (Å²) in [5, 5.41) is 5.05. The van der Waals surface area contributed by atoms with Crippen LogP contribution in [-0.2, 0) is 11.2 Å². The molecule has 0 aliphatic rings. The zero-order chi connectivity index (χ0) is 25.8. The molecule has 1 N–H and O–H groups in total. The first-order chi connectivity index (χ1) is 18.1. The van der Waals surface area contributed by atoms with Gasteiger partial charge in [-0.05, 0) is 36.6 Å². The molecule has 0 unspecified atom stereocenters. The Morgan fingerprint density at radius 2 is 1.65 bits per heavy atom. The standard InChI is InChI=1S/C31H28N2O3S/c1-3-5-18-36-31(35)28-23-11-7-9-13-27(23)37-30(28)33-29(34)24-19-26(21-16-14-20(4-2)15-17-21)32-25-12-8-6-10-22(24)25/h6-17,19H,3-5,18H2,1-2H3,(H,33,34). The molecule has 0 aliphatic carbocycles. The Balaban J connectivity index is 1.55. The number of hydrogen-bond acceptors (Lipinski definition) is 5.